The van der Waals surface area contributed by atoms with Crippen LogP contribution in [0.3, 0.4) is 0 Å². The third kappa shape index (κ3) is 3.61. The summed E-state index contributed by atoms with van der Waals surface area (Å²) in [5.41, 5.74) is 3.42. The number of alkyl halides is 3. The molecule has 0 fully saturated rings. The Hall–Kier alpha value is -3.39. The highest BCUT2D eigenvalue weighted by Gasteiger charge is 2.39. The van der Waals surface area contributed by atoms with E-state index in [1.807, 2.05) is 29.2 Å². The van der Waals surface area contributed by atoms with E-state index < -0.39 is 12.3 Å². The average molecular weight is 413 g/mol. The summed E-state index contributed by atoms with van der Waals surface area (Å²) in [6.45, 7) is 1.15. The Kier molecular flexibility index (Phi) is 4.95. The number of hydrogen-bond acceptors (Lipinski definition) is 5. The van der Waals surface area contributed by atoms with Gasteiger partial charge in [-0.05, 0) is 46.0 Å². The molecular formula is C22H18F3N3O2. The van der Waals surface area contributed by atoms with Crippen LogP contribution in [0.2, 0.25) is 0 Å². The van der Waals surface area contributed by atoms with Crippen LogP contribution in [0.25, 0.3) is 5.57 Å². The highest BCUT2D eigenvalue weighted by atomic mass is 19.4. The van der Waals surface area contributed by atoms with E-state index in [1.54, 1.807) is 12.1 Å². The SMILES string of the molecule is N=C1C(N2Cc3ccccc3C2)=CC(c2cccc(C(O)C(F)(F)F)c2)=C/C1=N/O. The van der Waals surface area contributed by atoms with Gasteiger partial charge in [0.2, 0.25) is 0 Å². The Morgan fingerprint density at radius 3 is 2.27 bits per heavy atom. The quantitative estimate of drug-likeness (QED) is 0.396. The summed E-state index contributed by atoms with van der Waals surface area (Å²) in [6.07, 6.45) is -4.24. The molecule has 1 atom stereocenters. The minimum Gasteiger partial charge on any atom is -0.410 e. The molecule has 2 aliphatic rings. The van der Waals surface area contributed by atoms with Crippen LogP contribution in [0, 0.1) is 5.41 Å². The maximum absolute atomic E-state index is 12.9. The van der Waals surface area contributed by atoms with Crippen LogP contribution >= 0.6 is 0 Å². The first kappa shape index (κ1) is 19.9. The summed E-state index contributed by atoms with van der Waals surface area (Å²) >= 11 is 0. The van der Waals surface area contributed by atoms with E-state index in [0.717, 1.165) is 11.1 Å². The molecule has 2 aromatic carbocycles. The Bertz CT molecular complexity index is 1080. The summed E-state index contributed by atoms with van der Waals surface area (Å²) in [7, 11) is 0. The van der Waals surface area contributed by atoms with Gasteiger partial charge in [0.15, 0.2) is 6.10 Å². The molecule has 0 amide bonds. The standard InChI is InChI=1S/C22H18F3N3O2/c23-22(24,25)21(29)14-7-3-6-13(8-14)17-9-18(27-30)20(26)19(10-17)28-11-15-4-1-2-5-16(15)12-28/h1-10,21,26,29-30H,11-12H2/b26-20?,27-18-. The highest BCUT2D eigenvalue weighted by molar-refractivity contribution is 6.53. The van der Waals surface area contributed by atoms with Gasteiger partial charge in [-0.1, -0.05) is 47.6 Å². The van der Waals surface area contributed by atoms with Crippen LogP contribution in [-0.4, -0.2) is 32.8 Å². The predicted octanol–water partition coefficient (Wildman–Crippen LogP) is 4.43. The van der Waals surface area contributed by atoms with Crippen LogP contribution in [0.1, 0.15) is 28.4 Å². The number of hydrogen-bond donors (Lipinski definition) is 3. The van der Waals surface area contributed by atoms with Crippen LogP contribution in [-0.2, 0) is 13.1 Å². The van der Waals surface area contributed by atoms with E-state index in [9.17, 15) is 23.5 Å². The number of benzene rings is 2. The van der Waals surface area contributed by atoms with Crippen molar-refractivity contribution in [2.75, 3.05) is 0 Å². The van der Waals surface area contributed by atoms with Crippen molar-refractivity contribution in [1.82, 2.24) is 4.90 Å². The molecule has 0 spiro atoms. The smallest absolute Gasteiger partial charge is 0.410 e. The Morgan fingerprint density at radius 1 is 1.00 bits per heavy atom. The lowest BCUT2D eigenvalue weighted by Crippen LogP contribution is -2.29. The lowest BCUT2D eigenvalue weighted by atomic mass is 9.93. The predicted molar refractivity (Wildman–Crippen MR) is 106 cm³/mol. The second-order valence-corrected chi connectivity index (χ2v) is 7.18. The van der Waals surface area contributed by atoms with Crippen molar-refractivity contribution in [3.63, 3.8) is 0 Å². The second kappa shape index (κ2) is 7.46. The fourth-order valence-electron chi connectivity index (χ4n) is 3.69. The van der Waals surface area contributed by atoms with E-state index >= 15 is 0 Å². The van der Waals surface area contributed by atoms with Crippen LogP contribution < -0.4 is 0 Å². The molecule has 4 rings (SSSR count). The van der Waals surface area contributed by atoms with Gasteiger partial charge in [0, 0.05) is 13.1 Å². The van der Waals surface area contributed by atoms with Crippen molar-refractivity contribution >= 4 is 17.0 Å². The molecule has 1 aliphatic carbocycles. The topological polar surface area (TPSA) is 79.9 Å². The number of nitrogens with zero attached hydrogens (tertiary/aromatic N) is 2. The zero-order valence-electron chi connectivity index (χ0n) is 15.7. The molecule has 8 heteroatoms. The number of nitrogens with one attached hydrogen (secondary N) is 1. The largest absolute Gasteiger partial charge is 0.418 e. The average Bonchev–Trinajstić information content (AvgIpc) is 3.16. The molecule has 0 aromatic heterocycles. The number of aliphatic hydroxyl groups is 1. The molecule has 154 valence electrons. The molecule has 0 saturated carbocycles. The molecule has 5 nitrogen and oxygen atoms in total. The zero-order chi connectivity index (χ0) is 21.5. The Labute approximate surface area is 170 Å². The van der Waals surface area contributed by atoms with Gasteiger partial charge in [0.25, 0.3) is 0 Å². The molecular weight excluding hydrogens is 395 g/mol. The number of halogens is 3. The van der Waals surface area contributed by atoms with Crippen molar-refractivity contribution in [3.05, 3.63) is 88.6 Å². The minimum absolute atomic E-state index is 0.0141. The third-order valence-electron chi connectivity index (χ3n) is 5.23. The maximum atomic E-state index is 12.9. The van der Waals surface area contributed by atoms with E-state index in [2.05, 4.69) is 5.16 Å². The Balaban J connectivity index is 1.71. The lowest BCUT2D eigenvalue weighted by Gasteiger charge is -2.25. The summed E-state index contributed by atoms with van der Waals surface area (Å²) in [6, 6.07) is 13.4. The maximum Gasteiger partial charge on any atom is 0.418 e. The Morgan fingerprint density at radius 2 is 1.67 bits per heavy atom. The van der Waals surface area contributed by atoms with Crippen LogP contribution in [0.5, 0.6) is 0 Å². The highest BCUT2D eigenvalue weighted by Crippen LogP contribution is 2.35. The first-order valence-corrected chi connectivity index (χ1v) is 9.19. The monoisotopic (exact) mass is 413 g/mol. The first-order chi connectivity index (χ1) is 14.3. The summed E-state index contributed by atoms with van der Waals surface area (Å²) in [5.74, 6) is 0. The third-order valence-corrected chi connectivity index (χ3v) is 5.23. The van der Waals surface area contributed by atoms with E-state index in [-0.39, 0.29) is 17.0 Å². The normalized spacial score (nSPS) is 18.9. The number of aliphatic hydroxyl groups excluding tert-OH is 1. The van der Waals surface area contributed by atoms with Crippen molar-refractivity contribution in [2.24, 2.45) is 5.16 Å². The molecule has 1 aliphatic heterocycles. The van der Waals surface area contributed by atoms with E-state index in [0.29, 0.717) is 29.9 Å². The summed E-state index contributed by atoms with van der Waals surface area (Å²) < 4.78 is 38.7. The van der Waals surface area contributed by atoms with Gasteiger partial charge in [0.05, 0.1) is 5.70 Å². The van der Waals surface area contributed by atoms with Crippen molar-refractivity contribution in [3.8, 4) is 0 Å². The molecule has 0 saturated heterocycles. The van der Waals surface area contributed by atoms with Crippen LogP contribution in [0.15, 0.2) is 71.5 Å². The first-order valence-electron chi connectivity index (χ1n) is 9.19. The van der Waals surface area contributed by atoms with E-state index in [1.165, 1.54) is 24.3 Å². The van der Waals surface area contributed by atoms with Gasteiger partial charge in [-0.15, -0.1) is 0 Å². The number of allylic oxidation sites excluding steroid dienone is 4. The minimum atomic E-state index is -4.78. The second-order valence-electron chi connectivity index (χ2n) is 7.18. The zero-order valence-corrected chi connectivity index (χ0v) is 15.7. The molecule has 0 bridgehead atoms. The lowest BCUT2D eigenvalue weighted by molar-refractivity contribution is -0.206. The van der Waals surface area contributed by atoms with Crippen molar-refractivity contribution in [1.29, 1.82) is 5.41 Å². The molecule has 0 radical (unpaired) electrons. The van der Waals surface area contributed by atoms with Gasteiger partial charge in [0.1, 0.15) is 11.4 Å². The van der Waals surface area contributed by atoms with Crippen molar-refractivity contribution in [2.45, 2.75) is 25.4 Å². The van der Waals surface area contributed by atoms with Gasteiger partial charge >= 0.3 is 6.18 Å². The molecule has 2 aromatic rings. The molecule has 1 unspecified atom stereocenters. The van der Waals surface area contributed by atoms with Gasteiger partial charge in [-0.25, -0.2) is 0 Å². The summed E-state index contributed by atoms with van der Waals surface area (Å²) in [5, 5.41) is 30.5. The van der Waals surface area contributed by atoms with E-state index in [4.69, 9.17) is 5.41 Å². The fourth-order valence-corrected chi connectivity index (χ4v) is 3.69. The number of oxime groups is 1. The van der Waals surface area contributed by atoms with Crippen LogP contribution in [0.4, 0.5) is 13.2 Å². The number of fused-ring (bicyclic) bond motifs is 1. The summed E-state index contributed by atoms with van der Waals surface area (Å²) in [4.78, 5) is 1.96. The molecule has 3 N–H and O–H groups in total. The fraction of sp³-hybridized carbons (Fsp3) is 0.182. The van der Waals surface area contributed by atoms with Gasteiger partial charge in [-0.2, -0.15) is 13.2 Å². The van der Waals surface area contributed by atoms with Gasteiger partial charge < -0.3 is 15.2 Å². The molecule has 1 heterocycles. The number of rotatable bonds is 3. The van der Waals surface area contributed by atoms with Gasteiger partial charge in [-0.3, -0.25) is 5.41 Å². The molecule has 30 heavy (non-hydrogen) atoms. The van der Waals surface area contributed by atoms with Crippen molar-refractivity contribution < 1.29 is 23.5 Å².